The molecule has 0 aliphatic carbocycles. The van der Waals surface area contributed by atoms with Gasteiger partial charge in [0.1, 0.15) is 0 Å². The molecule has 1 rings (SSSR count). The Balaban J connectivity index is -0.000000240. The Kier molecular flexibility index (Phi) is 38.1. The molecule has 1 saturated heterocycles. The van der Waals surface area contributed by atoms with E-state index in [4.69, 9.17) is 0 Å². The third kappa shape index (κ3) is 25.2. The SMILES string of the molecule is O=P1([O-])OP(=O)([O-])OP(=O)([O-])OP(=O)([O-])OP(=O)([O-])OP(=O)([O-])O1.[K+].[K+].[K+].[K+].[K+].[K+]. The summed E-state index contributed by atoms with van der Waals surface area (Å²) < 4.78 is 83.4. The first kappa shape index (κ1) is 53.3. The van der Waals surface area contributed by atoms with Crippen LogP contribution < -0.4 is 338 Å². The van der Waals surface area contributed by atoms with Gasteiger partial charge in [-0.2, -0.15) is 0 Å². The van der Waals surface area contributed by atoms with E-state index in [2.05, 4.69) is 25.9 Å². The maximum absolute atomic E-state index is 11.0. The van der Waals surface area contributed by atoms with Gasteiger partial charge in [0.25, 0.3) is 46.9 Å². The molecule has 0 spiro atoms. The first-order valence-electron chi connectivity index (χ1n) is 4.38. The number of phosphoric acid groups is 6. The summed E-state index contributed by atoms with van der Waals surface area (Å²) in [5, 5.41) is 0. The van der Waals surface area contributed by atoms with Crippen molar-refractivity contribution in [2.75, 3.05) is 0 Å². The fraction of sp³-hybridized carbons (Fsp3) is 0. The largest absolute Gasteiger partial charge is 1.00 e. The summed E-state index contributed by atoms with van der Waals surface area (Å²) in [6, 6.07) is 0. The topological polar surface area (TPSA) is 296 Å². The fourth-order valence-corrected chi connectivity index (χ4v) is 9.03. The molecule has 0 aromatic carbocycles. The molecule has 0 atom stereocenters. The number of hydrogen-bond donors (Lipinski definition) is 0. The van der Waals surface area contributed by atoms with Gasteiger partial charge in [-0.05, 0) is 0 Å². The van der Waals surface area contributed by atoms with E-state index in [9.17, 15) is 56.8 Å². The molecule has 0 N–H and O–H groups in total. The second kappa shape index (κ2) is 21.4. The molecule has 0 saturated carbocycles. The van der Waals surface area contributed by atoms with Crippen LogP contribution in [0.2, 0.25) is 0 Å². The van der Waals surface area contributed by atoms with Crippen LogP contribution in [0.3, 0.4) is 0 Å². The van der Waals surface area contributed by atoms with Crippen LogP contribution >= 0.6 is 46.9 Å². The third-order valence-electron chi connectivity index (χ3n) is 1.20. The van der Waals surface area contributed by atoms with Crippen molar-refractivity contribution in [3.8, 4) is 0 Å². The van der Waals surface area contributed by atoms with E-state index < -0.39 is 46.9 Å². The zero-order chi connectivity index (χ0) is 19.2. The van der Waals surface area contributed by atoms with Crippen LogP contribution in [0.4, 0.5) is 0 Å². The van der Waals surface area contributed by atoms with Gasteiger partial charge in [0.15, 0.2) is 0 Å². The van der Waals surface area contributed by atoms with Crippen molar-refractivity contribution in [1.82, 2.24) is 0 Å². The Morgan fingerprint density at radius 3 is 0.433 bits per heavy atom. The van der Waals surface area contributed by atoms with Gasteiger partial charge in [0.05, 0.1) is 0 Å². The first-order valence-corrected chi connectivity index (χ1v) is 13.1. The molecule has 0 radical (unpaired) electrons. The Morgan fingerprint density at radius 1 is 0.300 bits per heavy atom. The summed E-state index contributed by atoms with van der Waals surface area (Å²) in [6.07, 6.45) is 0. The molecule has 0 bridgehead atoms. The van der Waals surface area contributed by atoms with Gasteiger partial charge in [-0.15, -0.1) is 0 Å². The summed E-state index contributed by atoms with van der Waals surface area (Å²) in [5.74, 6) is 0. The van der Waals surface area contributed by atoms with Crippen LogP contribution in [0, 0.1) is 0 Å². The van der Waals surface area contributed by atoms with Crippen molar-refractivity contribution in [3.63, 3.8) is 0 Å². The summed E-state index contributed by atoms with van der Waals surface area (Å²) in [7, 11) is -39.3. The van der Waals surface area contributed by atoms with Gasteiger partial charge in [0, 0.05) is 0 Å². The maximum atomic E-state index is 11.0. The van der Waals surface area contributed by atoms with E-state index in [1.807, 2.05) is 0 Å². The molecule has 30 heteroatoms. The Hall–Kier alpha value is 10.7. The standard InChI is InChI=1S/6K.H6O18P6/c;;;;;;1-19(2)13-20(3,4)15-22(7,8)17-24(11,12)18-23(9,10)16-21(5,6)14-19/h;;;;;;(H,1,2)(H,3,4)(H,5,6)(H,7,8)(H,9,10)(H,11,12)/q6*+1;/p-6. The number of hydrogen-bond acceptors (Lipinski definition) is 18. The molecule has 0 aromatic rings. The number of rotatable bonds is 0. The molecule has 1 fully saturated rings. The van der Waals surface area contributed by atoms with E-state index in [1.54, 1.807) is 0 Å². The predicted octanol–water partition coefficient (Wildman–Crippen LogP) is -21.1. The van der Waals surface area contributed by atoms with Gasteiger partial charge >= 0.3 is 308 Å². The summed E-state index contributed by atoms with van der Waals surface area (Å²) in [5.41, 5.74) is 0. The van der Waals surface area contributed by atoms with Gasteiger partial charge in [-0.1, -0.05) is 0 Å². The molecule has 1 aliphatic heterocycles. The van der Waals surface area contributed by atoms with E-state index in [0.717, 1.165) is 0 Å². The summed E-state index contributed by atoms with van der Waals surface area (Å²) in [4.78, 5) is 65.8. The van der Waals surface area contributed by atoms with Gasteiger partial charge < -0.3 is 29.4 Å². The van der Waals surface area contributed by atoms with E-state index >= 15 is 0 Å². The zero-order valence-corrected chi connectivity index (χ0v) is 40.1. The Labute approximate surface area is 424 Å². The van der Waals surface area contributed by atoms with Crippen LogP contribution in [0.5, 0.6) is 0 Å². The average Bonchev–Trinajstić information content (AvgIpc) is 1.98. The second-order valence-electron chi connectivity index (χ2n) is 3.17. The van der Waals surface area contributed by atoms with E-state index in [-0.39, 0.29) is 308 Å². The van der Waals surface area contributed by atoms with Crippen molar-refractivity contribution in [2.45, 2.75) is 0 Å². The van der Waals surface area contributed by atoms with Gasteiger partial charge in [-0.25, -0.2) is 25.9 Å². The molecule has 1 heterocycles. The molecule has 18 nitrogen and oxygen atoms in total. The Morgan fingerprint density at radius 2 is 0.367 bits per heavy atom. The molecule has 1 aliphatic rings. The molecule has 30 heavy (non-hydrogen) atoms. The van der Waals surface area contributed by atoms with E-state index in [0.29, 0.717) is 0 Å². The van der Waals surface area contributed by atoms with Crippen LogP contribution in [0.1, 0.15) is 0 Å². The maximum Gasteiger partial charge on any atom is 1.00 e. The second-order valence-corrected chi connectivity index (χ2v) is 12.5. The summed E-state index contributed by atoms with van der Waals surface area (Å²) >= 11 is 0. The summed E-state index contributed by atoms with van der Waals surface area (Å²) in [6.45, 7) is 0. The molecular formula is K6O18P6. The Bertz CT molecular complexity index is 596. The van der Waals surface area contributed by atoms with E-state index in [1.165, 1.54) is 0 Å². The molecule has 0 unspecified atom stereocenters. The molecule has 0 aromatic heterocycles. The van der Waals surface area contributed by atoms with Crippen LogP contribution in [0.15, 0.2) is 0 Å². The smallest absolute Gasteiger partial charge is 0.756 e. The van der Waals surface area contributed by atoms with Crippen LogP contribution in [-0.2, 0) is 53.3 Å². The minimum Gasteiger partial charge on any atom is -0.756 e. The minimum absolute atomic E-state index is 0. The van der Waals surface area contributed by atoms with Crippen LogP contribution in [-0.4, -0.2) is 0 Å². The normalized spacial score (nSPS) is 44.2. The first-order chi connectivity index (χ1) is 10.2. The minimum atomic E-state index is -6.56. The molecule has 0 amide bonds. The molecule has 144 valence electrons. The van der Waals surface area contributed by atoms with Crippen molar-refractivity contribution in [2.24, 2.45) is 0 Å². The monoisotopic (exact) mass is 708 g/mol. The quantitative estimate of drug-likeness (QED) is 0.167. The van der Waals surface area contributed by atoms with Gasteiger partial charge in [0.2, 0.25) is 0 Å². The van der Waals surface area contributed by atoms with Gasteiger partial charge in [-0.3, -0.25) is 27.4 Å². The van der Waals surface area contributed by atoms with Crippen molar-refractivity contribution >= 4 is 46.9 Å². The van der Waals surface area contributed by atoms with Crippen molar-refractivity contribution in [1.29, 1.82) is 0 Å². The third-order valence-corrected chi connectivity index (χ3v) is 10.8. The average molecular weight is 708 g/mol. The fourth-order valence-electron chi connectivity index (χ4n) is 0.824. The van der Waals surface area contributed by atoms with Crippen LogP contribution in [0.25, 0.3) is 0 Å². The predicted molar refractivity (Wildman–Crippen MR) is 52.1 cm³/mol. The van der Waals surface area contributed by atoms with Crippen molar-refractivity contribution in [3.05, 3.63) is 0 Å². The van der Waals surface area contributed by atoms with Crippen molar-refractivity contribution < 1.29 is 391 Å². The molecular weight excluding hydrogens is 708 g/mol. The zero-order valence-electron chi connectivity index (χ0n) is 16.0.